The third-order valence-electron chi connectivity index (χ3n) is 8.01. The van der Waals surface area contributed by atoms with Crippen LogP contribution in [0, 0.1) is 0 Å². The number of allylic oxidation sites excluding steroid dienone is 9. The summed E-state index contributed by atoms with van der Waals surface area (Å²) in [6, 6.07) is 33.0. The van der Waals surface area contributed by atoms with Crippen LogP contribution in [0.1, 0.15) is 31.7 Å². The summed E-state index contributed by atoms with van der Waals surface area (Å²) in [6.07, 6.45) is 20.3. The van der Waals surface area contributed by atoms with Gasteiger partial charge in [-0.1, -0.05) is 116 Å². The lowest BCUT2D eigenvalue weighted by atomic mass is 10.0. The van der Waals surface area contributed by atoms with E-state index in [0.717, 1.165) is 74.6 Å². The second-order valence-corrected chi connectivity index (χ2v) is 11.2. The molecule has 0 bridgehead atoms. The minimum absolute atomic E-state index is 0.591. The number of nitrogens with one attached hydrogen (secondary N) is 1. The van der Waals surface area contributed by atoms with E-state index in [1.54, 1.807) is 0 Å². The maximum Gasteiger partial charge on any atom is 0.138 e. The minimum Gasteiger partial charge on any atom is -0.385 e. The molecule has 4 nitrogen and oxygen atoms in total. The smallest absolute Gasteiger partial charge is 0.138 e. The predicted molar refractivity (Wildman–Crippen MR) is 192 cm³/mol. The third kappa shape index (κ3) is 6.81. The summed E-state index contributed by atoms with van der Waals surface area (Å²) in [5.74, 6) is 1.44. The molecule has 222 valence electrons. The SMILES string of the molecule is C=c1/c(=C\C=C(/C)c2ccccc2N/C(N)=C/C=C\CC2=CCCC=C2)n(-c2cccc(-c3ccccc3)n2)c2ccccc12. The van der Waals surface area contributed by atoms with Gasteiger partial charge in [0.25, 0.3) is 0 Å². The Kier molecular flexibility index (Phi) is 9.03. The Hall–Kier alpha value is -5.61. The van der Waals surface area contributed by atoms with Crippen LogP contribution in [-0.4, -0.2) is 9.55 Å². The van der Waals surface area contributed by atoms with E-state index in [0.29, 0.717) is 5.82 Å². The number of anilines is 1. The first-order valence-electron chi connectivity index (χ1n) is 15.4. The number of hydrogen-bond acceptors (Lipinski definition) is 3. The number of nitrogens with zero attached hydrogens (tertiary/aromatic N) is 2. The number of benzene rings is 3. The third-order valence-corrected chi connectivity index (χ3v) is 8.01. The first-order valence-corrected chi connectivity index (χ1v) is 15.4. The largest absolute Gasteiger partial charge is 0.385 e. The Balaban J connectivity index is 1.33. The molecule has 3 aromatic carbocycles. The van der Waals surface area contributed by atoms with Crippen molar-refractivity contribution in [3.63, 3.8) is 0 Å². The summed E-state index contributed by atoms with van der Waals surface area (Å²) in [5, 5.41) is 6.46. The van der Waals surface area contributed by atoms with Crippen molar-refractivity contribution in [3.8, 4) is 17.1 Å². The molecule has 3 N–H and O–H groups in total. The van der Waals surface area contributed by atoms with Gasteiger partial charge in [-0.25, -0.2) is 4.98 Å². The van der Waals surface area contributed by atoms with E-state index in [2.05, 4.69) is 127 Å². The molecule has 0 unspecified atom stereocenters. The van der Waals surface area contributed by atoms with Crippen LogP contribution in [0.15, 0.2) is 151 Å². The molecule has 0 saturated heterocycles. The summed E-state index contributed by atoms with van der Waals surface area (Å²) in [5.41, 5.74) is 13.9. The first-order chi connectivity index (χ1) is 22.1. The number of pyridine rings is 1. The van der Waals surface area contributed by atoms with E-state index in [9.17, 15) is 0 Å². The zero-order chi connectivity index (χ0) is 31.0. The van der Waals surface area contributed by atoms with Crippen molar-refractivity contribution in [3.05, 3.63) is 167 Å². The molecule has 4 heteroatoms. The molecule has 2 heterocycles. The van der Waals surface area contributed by atoms with Gasteiger partial charge < -0.3 is 11.1 Å². The van der Waals surface area contributed by atoms with Crippen LogP contribution in [0.25, 0.3) is 46.2 Å². The number of aromatic nitrogens is 2. The number of rotatable bonds is 9. The molecule has 45 heavy (non-hydrogen) atoms. The van der Waals surface area contributed by atoms with Gasteiger partial charge in [-0.2, -0.15) is 0 Å². The molecular weight excluding hydrogens is 548 g/mol. The van der Waals surface area contributed by atoms with E-state index < -0.39 is 0 Å². The summed E-state index contributed by atoms with van der Waals surface area (Å²) < 4.78 is 2.20. The molecule has 1 aliphatic rings. The van der Waals surface area contributed by atoms with Crippen molar-refractivity contribution in [1.82, 2.24) is 9.55 Å². The van der Waals surface area contributed by atoms with E-state index in [1.807, 2.05) is 42.5 Å². The highest BCUT2D eigenvalue weighted by Gasteiger charge is 2.11. The lowest BCUT2D eigenvalue weighted by Gasteiger charge is -2.12. The van der Waals surface area contributed by atoms with Gasteiger partial charge >= 0.3 is 0 Å². The van der Waals surface area contributed by atoms with E-state index in [-0.39, 0.29) is 0 Å². The Morgan fingerprint density at radius 1 is 0.911 bits per heavy atom. The quantitative estimate of drug-likeness (QED) is 0.171. The average Bonchev–Trinajstić information content (AvgIpc) is 3.37. The highest BCUT2D eigenvalue weighted by molar-refractivity contribution is 5.84. The van der Waals surface area contributed by atoms with Gasteiger partial charge in [-0.05, 0) is 73.7 Å². The Morgan fingerprint density at radius 2 is 1.71 bits per heavy atom. The Labute approximate surface area is 265 Å². The lowest BCUT2D eigenvalue weighted by Crippen LogP contribution is -2.27. The van der Waals surface area contributed by atoms with Crippen LogP contribution in [0.5, 0.6) is 0 Å². The fourth-order valence-electron chi connectivity index (χ4n) is 5.69. The van der Waals surface area contributed by atoms with E-state index in [1.165, 1.54) is 5.57 Å². The van der Waals surface area contributed by atoms with Gasteiger partial charge in [-0.3, -0.25) is 4.57 Å². The van der Waals surface area contributed by atoms with Crippen molar-refractivity contribution in [2.75, 3.05) is 5.32 Å². The molecule has 1 aliphatic carbocycles. The zero-order valence-electron chi connectivity index (χ0n) is 25.7. The lowest BCUT2D eigenvalue weighted by molar-refractivity contribution is 1.00. The van der Waals surface area contributed by atoms with Crippen LogP contribution in [0.4, 0.5) is 5.69 Å². The number of fused-ring (bicyclic) bond motifs is 1. The normalized spacial score (nSPS) is 14.3. The molecule has 5 aromatic rings. The van der Waals surface area contributed by atoms with Crippen molar-refractivity contribution in [2.24, 2.45) is 5.73 Å². The van der Waals surface area contributed by atoms with Crippen molar-refractivity contribution >= 4 is 34.8 Å². The monoisotopic (exact) mass is 586 g/mol. The molecule has 0 aliphatic heterocycles. The van der Waals surface area contributed by atoms with Crippen molar-refractivity contribution < 1.29 is 0 Å². The topological polar surface area (TPSA) is 55.9 Å². The minimum atomic E-state index is 0.591. The molecular formula is C41H38N4. The second-order valence-electron chi connectivity index (χ2n) is 11.2. The van der Waals surface area contributed by atoms with Gasteiger partial charge in [0.2, 0.25) is 0 Å². The Morgan fingerprint density at radius 3 is 2.56 bits per heavy atom. The van der Waals surface area contributed by atoms with Gasteiger partial charge in [-0.15, -0.1) is 0 Å². The van der Waals surface area contributed by atoms with Crippen LogP contribution in [0.2, 0.25) is 0 Å². The van der Waals surface area contributed by atoms with Crippen molar-refractivity contribution in [1.29, 1.82) is 0 Å². The molecule has 0 fully saturated rings. The van der Waals surface area contributed by atoms with Crippen LogP contribution < -0.4 is 21.6 Å². The van der Waals surface area contributed by atoms with Gasteiger partial charge in [0.05, 0.1) is 16.6 Å². The van der Waals surface area contributed by atoms with Crippen LogP contribution in [0.3, 0.4) is 0 Å². The van der Waals surface area contributed by atoms with E-state index >= 15 is 0 Å². The zero-order valence-corrected chi connectivity index (χ0v) is 25.7. The highest BCUT2D eigenvalue weighted by Crippen LogP contribution is 2.25. The summed E-state index contributed by atoms with van der Waals surface area (Å²) >= 11 is 0. The van der Waals surface area contributed by atoms with Crippen LogP contribution in [-0.2, 0) is 0 Å². The molecule has 2 aromatic heterocycles. The molecule has 6 rings (SSSR count). The van der Waals surface area contributed by atoms with Gasteiger partial charge in [0.1, 0.15) is 11.6 Å². The molecule has 0 saturated carbocycles. The molecule has 0 atom stereocenters. The number of para-hydroxylation sites is 2. The van der Waals surface area contributed by atoms with Gasteiger partial charge in [0.15, 0.2) is 0 Å². The maximum atomic E-state index is 6.38. The molecule has 0 radical (unpaired) electrons. The number of hydrogen-bond donors (Lipinski definition) is 2. The summed E-state index contributed by atoms with van der Waals surface area (Å²) in [7, 11) is 0. The fraction of sp³-hybridized carbons (Fsp3) is 0.0976. The molecule has 0 spiro atoms. The van der Waals surface area contributed by atoms with Gasteiger partial charge in [0, 0.05) is 27.4 Å². The average molecular weight is 587 g/mol. The number of nitrogens with two attached hydrogens (primary N) is 1. The highest BCUT2D eigenvalue weighted by atomic mass is 15.1. The standard InChI is InChI=1S/C41H38N4/c1-30(34-21-10-12-23-37(34)43-40(42)26-14-9-18-32-16-5-3-6-17-32)28-29-38-31(2)35-22-11-13-25-39(35)45(38)41-27-15-24-36(44-41)33-19-7-4-8-20-33/h4-5,7-17,19-29,43H,2-3,6,18,42H2,1H3/b14-9-,30-28+,38-29+,40-26+. The molecule has 0 amide bonds. The fourth-order valence-corrected chi connectivity index (χ4v) is 5.69. The summed E-state index contributed by atoms with van der Waals surface area (Å²) in [6.45, 7) is 6.61. The summed E-state index contributed by atoms with van der Waals surface area (Å²) in [4.78, 5) is 5.08. The predicted octanol–water partition coefficient (Wildman–Crippen LogP) is 8.42. The second kappa shape index (κ2) is 13.8. The maximum absolute atomic E-state index is 6.38. The first kappa shape index (κ1) is 29.5. The Bertz CT molecular complexity index is 2090. The van der Waals surface area contributed by atoms with E-state index in [4.69, 9.17) is 10.7 Å². The van der Waals surface area contributed by atoms with Crippen LogP contribution >= 0.6 is 0 Å². The van der Waals surface area contributed by atoms with Crippen molar-refractivity contribution in [2.45, 2.75) is 26.2 Å².